The van der Waals surface area contributed by atoms with Gasteiger partial charge in [-0.05, 0) is 35.9 Å². The van der Waals surface area contributed by atoms with E-state index in [1.807, 2.05) is 35.8 Å². The summed E-state index contributed by atoms with van der Waals surface area (Å²) in [6, 6.07) is 12.0. The average molecular weight is 405 g/mol. The number of hydrogen-bond acceptors (Lipinski definition) is 6. The van der Waals surface area contributed by atoms with E-state index in [0.717, 1.165) is 49.7 Å². The molecule has 5 aromatic rings. The van der Waals surface area contributed by atoms with Gasteiger partial charge in [0.1, 0.15) is 11.5 Å². The maximum atomic E-state index is 9.45. The zero-order valence-corrected chi connectivity index (χ0v) is 16.6. The van der Waals surface area contributed by atoms with Crippen molar-refractivity contribution in [3.8, 4) is 22.9 Å². The van der Waals surface area contributed by atoms with Crippen molar-refractivity contribution in [2.75, 3.05) is 13.7 Å². The second-order valence-electron chi connectivity index (χ2n) is 6.74. The fraction of sp³-hybridized carbons (Fsp3) is 0.190. The number of hydrogen-bond donors (Lipinski definition) is 2. The molecule has 0 saturated heterocycles. The minimum Gasteiger partial charge on any atom is -0.392 e. The van der Waals surface area contributed by atoms with E-state index in [0.29, 0.717) is 13.2 Å². The molecule has 3 aromatic heterocycles. The monoisotopic (exact) mass is 405 g/mol. The molecule has 146 valence electrons. The topological polar surface area (TPSA) is 88.9 Å². The summed E-state index contributed by atoms with van der Waals surface area (Å²) in [4.78, 5) is 17.2. The van der Waals surface area contributed by atoms with E-state index < -0.39 is 0 Å². The van der Waals surface area contributed by atoms with Crippen molar-refractivity contribution in [1.82, 2.24) is 24.5 Å². The van der Waals surface area contributed by atoms with Crippen LogP contribution in [0.15, 0.2) is 48.1 Å². The number of ether oxygens (including phenoxy) is 1. The van der Waals surface area contributed by atoms with Gasteiger partial charge in [0, 0.05) is 19.2 Å². The van der Waals surface area contributed by atoms with Crippen LogP contribution >= 0.6 is 11.3 Å². The third-order valence-electron chi connectivity index (χ3n) is 4.93. The molecular weight excluding hydrogens is 386 g/mol. The molecule has 0 saturated carbocycles. The van der Waals surface area contributed by atoms with Crippen molar-refractivity contribution in [3.63, 3.8) is 0 Å². The van der Waals surface area contributed by atoms with Gasteiger partial charge in [-0.25, -0.2) is 15.0 Å². The highest BCUT2D eigenvalue weighted by Crippen LogP contribution is 2.28. The molecule has 0 amide bonds. The lowest BCUT2D eigenvalue weighted by molar-refractivity contribution is 0.188. The predicted octanol–water partition coefficient (Wildman–Crippen LogP) is 3.84. The smallest absolute Gasteiger partial charge is 0.159 e. The SMILES string of the molecule is COCCn1c(-c2cnc(-c3ccc4scnc4c3)[nH]2)nc2cc(CO)ccc21. The maximum absolute atomic E-state index is 9.45. The van der Waals surface area contributed by atoms with Gasteiger partial charge in [-0.3, -0.25) is 0 Å². The minimum atomic E-state index is -0.0104. The Labute approximate surface area is 170 Å². The van der Waals surface area contributed by atoms with Crippen LogP contribution in [0.5, 0.6) is 0 Å². The molecular formula is C21H19N5O2S. The van der Waals surface area contributed by atoms with E-state index in [4.69, 9.17) is 9.72 Å². The third-order valence-corrected chi connectivity index (χ3v) is 5.74. The van der Waals surface area contributed by atoms with Crippen molar-refractivity contribution < 1.29 is 9.84 Å². The minimum absolute atomic E-state index is 0.0104. The lowest BCUT2D eigenvalue weighted by Gasteiger charge is -2.07. The largest absolute Gasteiger partial charge is 0.392 e. The summed E-state index contributed by atoms with van der Waals surface area (Å²) in [7, 11) is 1.69. The number of aromatic amines is 1. The lowest BCUT2D eigenvalue weighted by atomic mass is 10.2. The van der Waals surface area contributed by atoms with Gasteiger partial charge in [0.05, 0.1) is 46.2 Å². The molecule has 3 heterocycles. The molecule has 0 atom stereocenters. The fourth-order valence-corrected chi connectivity index (χ4v) is 4.13. The zero-order chi connectivity index (χ0) is 19.8. The first-order valence-electron chi connectivity index (χ1n) is 9.25. The Hall–Kier alpha value is -3.07. The first kappa shape index (κ1) is 18.0. The molecule has 0 unspecified atom stereocenters. The Morgan fingerprint density at radius 3 is 2.93 bits per heavy atom. The number of fused-ring (bicyclic) bond motifs is 2. The van der Waals surface area contributed by atoms with Gasteiger partial charge in [-0.2, -0.15) is 0 Å². The Balaban J connectivity index is 1.59. The van der Waals surface area contributed by atoms with Crippen LogP contribution in [0.25, 0.3) is 44.2 Å². The molecule has 0 fully saturated rings. The van der Waals surface area contributed by atoms with E-state index >= 15 is 0 Å². The number of nitrogens with zero attached hydrogens (tertiary/aromatic N) is 4. The van der Waals surface area contributed by atoms with Crippen LogP contribution in [0.4, 0.5) is 0 Å². The van der Waals surface area contributed by atoms with Crippen molar-refractivity contribution >= 4 is 32.6 Å². The van der Waals surface area contributed by atoms with Gasteiger partial charge in [0.25, 0.3) is 0 Å². The highest BCUT2D eigenvalue weighted by Gasteiger charge is 2.16. The van der Waals surface area contributed by atoms with Gasteiger partial charge >= 0.3 is 0 Å². The maximum Gasteiger partial charge on any atom is 0.159 e. The molecule has 0 radical (unpaired) electrons. The van der Waals surface area contributed by atoms with Crippen molar-refractivity contribution in [1.29, 1.82) is 0 Å². The second-order valence-corrected chi connectivity index (χ2v) is 7.63. The number of benzene rings is 2. The average Bonchev–Trinajstić information content (AvgIpc) is 3.48. The van der Waals surface area contributed by atoms with Crippen LogP contribution in [-0.4, -0.2) is 43.3 Å². The van der Waals surface area contributed by atoms with Crippen LogP contribution in [0, 0.1) is 0 Å². The highest BCUT2D eigenvalue weighted by molar-refractivity contribution is 7.16. The first-order valence-corrected chi connectivity index (χ1v) is 10.1. The van der Waals surface area contributed by atoms with Crippen LogP contribution < -0.4 is 0 Å². The molecule has 2 N–H and O–H groups in total. The number of imidazole rings is 2. The van der Waals surface area contributed by atoms with Crippen LogP contribution in [0.2, 0.25) is 0 Å². The molecule has 0 aliphatic carbocycles. The number of aliphatic hydroxyl groups is 1. The summed E-state index contributed by atoms with van der Waals surface area (Å²) < 4.78 is 8.55. The van der Waals surface area contributed by atoms with Gasteiger partial charge < -0.3 is 19.4 Å². The molecule has 0 spiro atoms. The number of nitrogens with one attached hydrogen (secondary N) is 1. The summed E-state index contributed by atoms with van der Waals surface area (Å²) in [6.07, 6.45) is 1.80. The van der Waals surface area contributed by atoms with E-state index in [2.05, 4.69) is 25.6 Å². The number of methoxy groups -OCH3 is 1. The standard InChI is InChI=1S/C21H19N5O2S/c1-28-7-6-26-18-4-2-13(11-27)8-15(18)25-21(26)17-10-22-20(24-17)14-3-5-19-16(9-14)23-12-29-19/h2-5,8-10,12,27H,6-7,11H2,1H3,(H,22,24). The predicted molar refractivity (Wildman–Crippen MR) is 114 cm³/mol. The van der Waals surface area contributed by atoms with E-state index in [9.17, 15) is 5.11 Å². The van der Waals surface area contributed by atoms with E-state index in [1.165, 1.54) is 0 Å². The number of H-pyrrole nitrogens is 1. The Bertz CT molecular complexity index is 1300. The van der Waals surface area contributed by atoms with Crippen molar-refractivity contribution in [3.05, 3.63) is 53.7 Å². The summed E-state index contributed by atoms with van der Waals surface area (Å²) in [5.41, 5.74) is 7.29. The molecule has 0 bridgehead atoms. The highest BCUT2D eigenvalue weighted by atomic mass is 32.1. The molecule has 29 heavy (non-hydrogen) atoms. The summed E-state index contributed by atoms with van der Waals surface area (Å²) in [5, 5.41) is 9.45. The molecule has 2 aromatic carbocycles. The summed E-state index contributed by atoms with van der Waals surface area (Å²) in [5.74, 6) is 1.57. The van der Waals surface area contributed by atoms with E-state index in [-0.39, 0.29) is 6.61 Å². The molecule has 7 nitrogen and oxygen atoms in total. The van der Waals surface area contributed by atoms with Gasteiger partial charge in [-0.1, -0.05) is 6.07 Å². The normalized spacial score (nSPS) is 11.7. The number of thiazole rings is 1. The van der Waals surface area contributed by atoms with Crippen LogP contribution in [0.1, 0.15) is 5.56 Å². The Kier molecular flexibility index (Phi) is 4.59. The van der Waals surface area contributed by atoms with Crippen LogP contribution in [-0.2, 0) is 17.9 Å². The molecule has 0 aliphatic heterocycles. The van der Waals surface area contributed by atoms with Gasteiger partial charge in [0.15, 0.2) is 5.82 Å². The first-order chi connectivity index (χ1) is 14.3. The number of rotatable bonds is 6. The number of aromatic nitrogens is 5. The quantitative estimate of drug-likeness (QED) is 0.448. The summed E-state index contributed by atoms with van der Waals surface area (Å²) >= 11 is 1.62. The zero-order valence-electron chi connectivity index (χ0n) is 15.8. The van der Waals surface area contributed by atoms with Crippen molar-refractivity contribution in [2.45, 2.75) is 13.2 Å². The second kappa shape index (κ2) is 7.40. The fourth-order valence-electron chi connectivity index (χ4n) is 3.47. The van der Waals surface area contributed by atoms with Gasteiger partial charge in [0.2, 0.25) is 0 Å². The Morgan fingerprint density at radius 1 is 1.14 bits per heavy atom. The van der Waals surface area contributed by atoms with Crippen molar-refractivity contribution in [2.24, 2.45) is 0 Å². The molecule has 0 aliphatic rings. The Morgan fingerprint density at radius 2 is 2.07 bits per heavy atom. The third kappa shape index (κ3) is 3.21. The van der Waals surface area contributed by atoms with Gasteiger partial charge in [-0.15, -0.1) is 11.3 Å². The van der Waals surface area contributed by atoms with Crippen LogP contribution in [0.3, 0.4) is 0 Å². The van der Waals surface area contributed by atoms with E-state index in [1.54, 1.807) is 24.6 Å². The lowest BCUT2D eigenvalue weighted by Crippen LogP contribution is -2.06. The molecule has 8 heteroatoms. The number of aliphatic hydroxyl groups excluding tert-OH is 1. The molecule has 5 rings (SSSR count). The summed E-state index contributed by atoms with van der Waals surface area (Å²) in [6.45, 7) is 1.23.